The number of carbonyl (C=O) groups excluding carboxylic acids is 1. The number of benzene rings is 2. The molecule has 0 radical (unpaired) electrons. The molecule has 5 rings (SSSR count). The Morgan fingerprint density at radius 1 is 0.974 bits per heavy atom. The van der Waals surface area contributed by atoms with Crippen LogP contribution in [0.2, 0.25) is 0 Å². The number of ether oxygens (including phenoxy) is 1. The number of rotatable bonds is 5. The van der Waals surface area contributed by atoms with Gasteiger partial charge in [0.15, 0.2) is 16.3 Å². The van der Waals surface area contributed by atoms with Gasteiger partial charge in [-0.1, -0.05) is 30.3 Å². The van der Waals surface area contributed by atoms with Crippen LogP contribution in [0.25, 0.3) is 11.2 Å². The zero-order valence-corrected chi connectivity index (χ0v) is 22.8. The minimum Gasteiger partial charge on any atom is -0.465 e. The molecule has 1 aliphatic heterocycles. The number of fused-ring (bicyclic) bond motifs is 1. The number of imidazole rings is 1. The first kappa shape index (κ1) is 26.2. The van der Waals surface area contributed by atoms with Gasteiger partial charge in [0, 0.05) is 46.0 Å². The smallest absolute Gasteiger partial charge is 0.337 e. The number of aromatic nitrogens is 4. The molecule has 1 saturated heterocycles. The highest BCUT2D eigenvalue weighted by Gasteiger charge is 2.26. The van der Waals surface area contributed by atoms with E-state index in [1.165, 1.54) is 18.7 Å². The van der Waals surface area contributed by atoms with Crippen LogP contribution in [0.15, 0.2) is 64.2 Å². The molecular weight excluding hydrogens is 518 g/mol. The molecule has 0 atom stereocenters. The average Bonchev–Trinajstić information content (AvgIpc) is 3.34. The third-order valence-electron chi connectivity index (χ3n) is 6.92. The highest BCUT2D eigenvalue weighted by atomic mass is 32.1. The molecule has 2 aromatic carbocycles. The number of esters is 1. The van der Waals surface area contributed by atoms with Crippen molar-refractivity contribution in [3.63, 3.8) is 0 Å². The zero-order chi connectivity index (χ0) is 27.7. The van der Waals surface area contributed by atoms with Gasteiger partial charge in [0.05, 0.1) is 19.2 Å². The molecule has 0 bridgehead atoms. The highest BCUT2D eigenvalue weighted by molar-refractivity contribution is 7.80. The van der Waals surface area contributed by atoms with Crippen molar-refractivity contribution in [1.29, 1.82) is 0 Å². The molecule has 39 heavy (non-hydrogen) atoms. The lowest BCUT2D eigenvalue weighted by molar-refractivity contribution is 0.0601. The first-order valence-corrected chi connectivity index (χ1v) is 12.9. The summed E-state index contributed by atoms with van der Waals surface area (Å²) in [7, 11) is 4.47. The summed E-state index contributed by atoms with van der Waals surface area (Å²) in [4.78, 5) is 46.5. The van der Waals surface area contributed by atoms with Crippen molar-refractivity contribution in [3.8, 4) is 0 Å². The topological polar surface area (TPSA) is 107 Å². The van der Waals surface area contributed by atoms with E-state index in [0.29, 0.717) is 60.5 Å². The van der Waals surface area contributed by atoms with Gasteiger partial charge in [0.25, 0.3) is 5.56 Å². The van der Waals surface area contributed by atoms with Crippen LogP contribution in [-0.2, 0) is 25.4 Å². The van der Waals surface area contributed by atoms with E-state index in [-0.39, 0.29) is 5.56 Å². The van der Waals surface area contributed by atoms with Crippen molar-refractivity contribution >= 4 is 46.1 Å². The first-order chi connectivity index (χ1) is 18.8. The van der Waals surface area contributed by atoms with Crippen LogP contribution in [0.3, 0.4) is 0 Å². The Hall–Kier alpha value is -4.45. The molecule has 0 amide bonds. The van der Waals surface area contributed by atoms with E-state index in [9.17, 15) is 14.4 Å². The summed E-state index contributed by atoms with van der Waals surface area (Å²) < 4.78 is 9.19. The van der Waals surface area contributed by atoms with Gasteiger partial charge in [-0.2, -0.15) is 4.98 Å². The number of hydrogen-bond donors (Lipinski definition) is 1. The molecule has 4 aromatic rings. The number of methoxy groups -OCH3 is 1. The normalized spacial score (nSPS) is 13.5. The maximum atomic E-state index is 13.2. The summed E-state index contributed by atoms with van der Waals surface area (Å²) in [6.45, 7) is 2.96. The fourth-order valence-electron chi connectivity index (χ4n) is 4.71. The predicted molar refractivity (Wildman–Crippen MR) is 154 cm³/mol. The summed E-state index contributed by atoms with van der Waals surface area (Å²) in [6.07, 6.45) is 0. The second kappa shape index (κ2) is 10.7. The van der Waals surface area contributed by atoms with Gasteiger partial charge in [0.1, 0.15) is 0 Å². The highest BCUT2D eigenvalue weighted by Crippen LogP contribution is 2.23. The van der Waals surface area contributed by atoms with E-state index in [1.54, 1.807) is 31.3 Å². The average molecular weight is 548 g/mol. The van der Waals surface area contributed by atoms with E-state index >= 15 is 0 Å². The van der Waals surface area contributed by atoms with Crippen molar-refractivity contribution in [2.45, 2.75) is 6.54 Å². The van der Waals surface area contributed by atoms with Gasteiger partial charge in [-0.15, -0.1) is 0 Å². The number of thiocarbonyl (C=S) groups is 1. The van der Waals surface area contributed by atoms with Gasteiger partial charge in [0.2, 0.25) is 5.95 Å². The molecule has 0 aliphatic carbocycles. The van der Waals surface area contributed by atoms with Crippen LogP contribution in [0.5, 0.6) is 0 Å². The maximum absolute atomic E-state index is 13.2. The van der Waals surface area contributed by atoms with Crippen LogP contribution in [0, 0.1) is 0 Å². The zero-order valence-electron chi connectivity index (χ0n) is 22.0. The molecule has 0 unspecified atom stereocenters. The molecule has 3 heterocycles. The Kier molecular flexibility index (Phi) is 7.20. The predicted octanol–water partition coefficient (Wildman–Crippen LogP) is 1.79. The van der Waals surface area contributed by atoms with E-state index in [4.69, 9.17) is 21.9 Å². The number of anilines is 2. The number of aryl methyl sites for hydroxylation is 1. The van der Waals surface area contributed by atoms with Gasteiger partial charge in [-0.3, -0.25) is 18.5 Å². The van der Waals surface area contributed by atoms with Crippen LogP contribution in [-0.4, -0.2) is 68.0 Å². The minimum atomic E-state index is -0.413. The fourth-order valence-corrected chi connectivity index (χ4v) is 5.01. The Balaban J connectivity index is 1.38. The largest absolute Gasteiger partial charge is 0.465 e. The first-order valence-electron chi connectivity index (χ1n) is 12.5. The summed E-state index contributed by atoms with van der Waals surface area (Å²) in [5.41, 5.74) is 2.24. The van der Waals surface area contributed by atoms with Crippen LogP contribution < -0.4 is 21.5 Å². The van der Waals surface area contributed by atoms with E-state index in [0.717, 1.165) is 15.8 Å². The van der Waals surface area contributed by atoms with Gasteiger partial charge in [-0.25, -0.2) is 9.59 Å². The summed E-state index contributed by atoms with van der Waals surface area (Å²) >= 11 is 5.65. The Labute approximate surface area is 229 Å². The third-order valence-corrected chi connectivity index (χ3v) is 7.28. The molecular formula is C27H29N7O4S. The molecule has 1 N–H and O–H groups in total. The summed E-state index contributed by atoms with van der Waals surface area (Å²) in [5, 5.41) is 3.81. The quantitative estimate of drug-likeness (QED) is 0.296. The third kappa shape index (κ3) is 5.02. The minimum absolute atomic E-state index is 0.365. The number of piperazine rings is 1. The van der Waals surface area contributed by atoms with E-state index < -0.39 is 11.7 Å². The molecule has 11 nitrogen and oxygen atoms in total. The second-order valence-electron chi connectivity index (χ2n) is 9.33. The number of nitrogens with zero attached hydrogens (tertiary/aromatic N) is 6. The van der Waals surface area contributed by atoms with E-state index in [2.05, 4.69) is 15.1 Å². The summed E-state index contributed by atoms with van der Waals surface area (Å²) in [6, 6.07) is 16.8. The van der Waals surface area contributed by atoms with Crippen molar-refractivity contribution in [2.75, 3.05) is 43.5 Å². The van der Waals surface area contributed by atoms with Crippen molar-refractivity contribution < 1.29 is 9.53 Å². The Morgan fingerprint density at radius 2 is 1.64 bits per heavy atom. The SMILES string of the molecule is COC(=O)c1ccc(NC(=S)N2CCN(c3nc4c(c(=O)n(C)c(=O)n4C)n3Cc3ccccc3)CC2)cc1. The lowest BCUT2D eigenvalue weighted by Crippen LogP contribution is -2.50. The van der Waals surface area contributed by atoms with Gasteiger partial charge >= 0.3 is 11.7 Å². The second-order valence-corrected chi connectivity index (χ2v) is 9.72. The Morgan fingerprint density at radius 3 is 2.28 bits per heavy atom. The van der Waals surface area contributed by atoms with Gasteiger partial charge in [-0.05, 0) is 42.0 Å². The molecule has 1 fully saturated rings. The molecule has 12 heteroatoms. The molecule has 0 saturated carbocycles. The number of carbonyl (C=O) groups is 1. The Bertz CT molecular complexity index is 1650. The lowest BCUT2D eigenvalue weighted by Gasteiger charge is -2.36. The van der Waals surface area contributed by atoms with Gasteiger partial charge < -0.3 is 19.9 Å². The molecule has 1 aliphatic rings. The molecule has 2 aromatic heterocycles. The van der Waals surface area contributed by atoms with Crippen molar-refractivity contribution in [2.24, 2.45) is 14.1 Å². The van der Waals surface area contributed by atoms with E-state index in [1.807, 2.05) is 34.9 Å². The molecule has 0 spiro atoms. The number of hydrogen-bond acceptors (Lipinski definition) is 7. The monoisotopic (exact) mass is 547 g/mol. The maximum Gasteiger partial charge on any atom is 0.337 e. The lowest BCUT2D eigenvalue weighted by atomic mass is 10.2. The summed E-state index contributed by atoms with van der Waals surface area (Å²) in [5.74, 6) is 0.250. The molecule has 202 valence electrons. The van der Waals surface area contributed by atoms with Crippen LogP contribution in [0.4, 0.5) is 11.6 Å². The van der Waals surface area contributed by atoms with Crippen LogP contribution in [0.1, 0.15) is 15.9 Å². The number of nitrogens with one attached hydrogen (secondary N) is 1. The standard InChI is InChI=1S/C27H29N7O4S/c1-30-22-21(23(35)31(2)27(30)37)34(17-18-7-5-4-6-8-18)25(29-22)32-13-15-33(16-14-32)26(39)28-20-11-9-19(10-12-20)24(36)38-3/h4-12H,13-17H2,1-3H3,(H,28,39). The fraction of sp³-hybridized carbons (Fsp3) is 0.296. The van der Waals surface area contributed by atoms with Crippen LogP contribution >= 0.6 is 12.2 Å². The van der Waals surface area contributed by atoms with Crippen molar-refractivity contribution in [1.82, 2.24) is 23.6 Å². The van der Waals surface area contributed by atoms with Crippen molar-refractivity contribution in [3.05, 3.63) is 86.6 Å².